The van der Waals surface area contributed by atoms with Gasteiger partial charge in [0, 0.05) is 12.6 Å². The number of rotatable bonds is 5. The molecule has 2 N–H and O–H groups in total. The molecule has 1 aromatic heterocycles. The van der Waals surface area contributed by atoms with Crippen molar-refractivity contribution in [3.8, 4) is 0 Å². The predicted molar refractivity (Wildman–Crippen MR) is 70.4 cm³/mol. The first-order chi connectivity index (χ1) is 8.53. The largest absolute Gasteiger partial charge is 0.390 e. The van der Waals surface area contributed by atoms with Crippen LogP contribution in [-0.2, 0) is 6.42 Å². The van der Waals surface area contributed by atoms with Crippen LogP contribution in [-0.4, -0.2) is 31.7 Å². The molecule has 0 aliphatic heterocycles. The second-order valence-electron chi connectivity index (χ2n) is 5.66. The minimum atomic E-state index is -1.03. The third-order valence-corrected chi connectivity index (χ3v) is 4.20. The van der Waals surface area contributed by atoms with Gasteiger partial charge in [-0.05, 0) is 32.3 Å². The highest BCUT2D eigenvalue weighted by Gasteiger charge is 2.29. The van der Waals surface area contributed by atoms with Gasteiger partial charge in [-0.25, -0.2) is 0 Å². The molecule has 1 fully saturated rings. The van der Waals surface area contributed by atoms with E-state index in [0.29, 0.717) is 18.9 Å². The molecule has 0 spiro atoms. The minimum Gasteiger partial charge on any atom is -0.390 e. The molecule has 1 saturated carbocycles. The van der Waals surface area contributed by atoms with E-state index in [2.05, 4.69) is 5.10 Å². The summed E-state index contributed by atoms with van der Waals surface area (Å²) in [4.78, 5) is 0. The van der Waals surface area contributed by atoms with E-state index in [1.165, 1.54) is 25.7 Å². The molecule has 2 atom stereocenters. The molecule has 0 bridgehead atoms. The summed E-state index contributed by atoms with van der Waals surface area (Å²) < 4.78 is 2.02. The SMILES string of the molecule is CCC(C)(O)C(O)Cc1ccn(C2CCCC2)n1. The Morgan fingerprint density at radius 2 is 2.17 bits per heavy atom. The summed E-state index contributed by atoms with van der Waals surface area (Å²) in [7, 11) is 0. The third-order valence-electron chi connectivity index (χ3n) is 4.20. The number of hydrogen-bond donors (Lipinski definition) is 2. The van der Waals surface area contributed by atoms with Crippen molar-refractivity contribution in [2.24, 2.45) is 0 Å². The van der Waals surface area contributed by atoms with Crippen molar-refractivity contribution in [3.63, 3.8) is 0 Å². The Hall–Kier alpha value is -0.870. The maximum absolute atomic E-state index is 10.0. The van der Waals surface area contributed by atoms with Gasteiger partial charge in [-0.15, -0.1) is 0 Å². The Morgan fingerprint density at radius 1 is 1.50 bits per heavy atom. The van der Waals surface area contributed by atoms with E-state index in [0.717, 1.165) is 5.69 Å². The van der Waals surface area contributed by atoms with E-state index in [1.54, 1.807) is 6.92 Å². The Labute approximate surface area is 109 Å². The molecule has 4 nitrogen and oxygen atoms in total. The van der Waals surface area contributed by atoms with Crippen molar-refractivity contribution in [2.75, 3.05) is 0 Å². The van der Waals surface area contributed by atoms with Gasteiger partial charge in [0.15, 0.2) is 0 Å². The van der Waals surface area contributed by atoms with E-state index in [4.69, 9.17) is 0 Å². The number of nitrogens with zero attached hydrogens (tertiary/aromatic N) is 2. The molecule has 102 valence electrons. The molecule has 0 amide bonds. The third kappa shape index (κ3) is 2.93. The lowest BCUT2D eigenvalue weighted by Gasteiger charge is -2.27. The monoisotopic (exact) mass is 252 g/mol. The molecule has 1 aliphatic rings. The summed E-state index contributed by atoms with van der Waals surface area (Å²) in [5.74, 6) is 0. The van der Waals surface area contributed by atoms with Crippen LogP contribution >= 0.6 is 0 Å². The van der Waals surface area contributed by atoms with Crippen molar-refractivity contribution in [3.05, 3.63) is 18.0 Å². The van der Waals surface area contributed by atoms with Crippen molar-refractivity contribution in [1.82, 2.24) is 9.78 Å². The van der Waals surface area contributed by atoms with Crippen LogP contribution in [0.1, 0.15) is 57.7 Å². The Bertz CT molecular complexity index is 381. The molecular formula is C14H24N2O2. The maximum atomic E-state index is 10.0. The first-order valence-electron chi connectivity index (χ1n) is 6.97. The van der Waals surface area contributed by atoms with Gasteiger partial charge in [0.05, 0.1) is 23.4 Å². The molecule has 0 saturated heterocycles. The van der Waals surface area contributed by atoms with Gasteiger partial charge in [-0.2, -0.15) is 5.10 Å². The lowest BCUT2D eigenvalue weighted by atomic mass is 9.93. The summed E-state index contributed by atoms with van der Waals surface area (Å²) in [6, 6.07) is 2.48. The van der Waals surface area contributed by atoms with Crippen LogP contribution in [0, 0.1) is 0 Å². The average Bonchev–Trinajstić information content (AvgIpc) is 2.98. The van der Waals surface area contributed by atoms with Crippen LogP contribution in [0.15, 0.2) is 12.3 Å². The fraction of sp³-hybridized carbons (Fsp3) is 0.786. The minimum absolute atomic E-state index is 0.417. The molecule has 1 aliphatic carbocycles. The zero-order valence-corrected chi connectivity index (χ0v) is 11.3. The summed E-state index contributed by atoms with van der Waals surface area (Å²) in [6.07, 6.45) is 7.18. The first kappa shape index (κ1) is 13.6. The van der Waals surface area contributed by atoms with Crippen molar-refractivity contribution in [1.29, 1.82) is 0 Å². The van der Waals surface area contributed by atoms with E-state index in [1.807, 2.05) is 23.9 Å². The maximum Gasteiger partial charge on any atom is 0.0880 e. The second kappa shape index (κ2) is 5.41. The first-order valence-corrected chi connectivity index (χ1v) is 6.97. The van der Waals surface area contributed by atoms with E-state index in [-0.39, 0.29) is 0 Å². The summed E-state index contributed by atoms with van der Waals surface area (Å²) in [5, 5.41) is 24.5. The smallest absolute Gasteiger partial charge is 0.0880 e. The molecule has 0 aromatic carbocycles. The molecular weight excluding hydrogens is 228 g/mol. The van der Waals surface area contributed by atoms with Crippen LogP contribution in [0.2, 0.25) is 0 Å². The molecule has 4 heteroatoms. The number of aliphatic hydroxyl groups excluding tert-OH is 1. The highest BCUT2D eigenvalue weighted by atomic mass is 16.3. The number of hydrogen-bond acceptors (Lipinski definition) is 3. The van der Waals surface area contributed by atoms with E-state index < -0.39 is 11.7 Å². The van der Waals surface area contributed by atoms with E-state index in [9.17, 15) is 10.2 Å². The molecule has 0 radical (unpaired) electrons. The highest BCUT2D eigenvalue weighted by Crippen LogP contribution is 2.29. The lowest BCUT2D eigenvalue weighted by molar-refractivity contribution is -0.0633. The standard InChI is InChI=1S/C14H24N2O2/c1-3-14(2,18)13(17)10-11-8-9-16(15-11)12-6-4-5-7-12/h8-9,12-13,17-18H,3-7,10H2,1-2H3. The van der Waals surface area contributed by atoms with Crippen molar-refractivity contribution in [2.45, 2.75) is 70.1 Å². The van der Waals surface area contributed by atoms with E-state index >= 15 is 0 Å². The second-order valence-corrected chi connectivity index (χ2v) is 5.66. The zero-order chi connectivity index (χ0) is 13.2. The fourth-order valence-corrected chi connectivity index (χ4v) is 2.51. The number of aliphatic hydroxyl groups is 2. The van der Waals surface area contributed by atoms with Gasteiger partial charge in [-0.1, -0.05) is 19.8 Å². The molecule has 18 heavy (non-hydrogen) atoms. The van der Waals surface area contributed by atoms with Crippen molar-refractivity contribution < 1.29 is 10.2 Å². The Balaban J connectivity index is 1.98. The van der Waals surface area contributed by atoms with Gasteiger partial charge in [0.25, 0.3) is 0 Å². The van der Waals surface area contributed by atoms with Gasteiger partial charge in [-0.3, -0.25) is 4.68 Å². The Morgan fingerprint density at radius 3 is 2.78 bits per heavy atom. The highest BCUT2D eigenvalue weighted by molar-refractivity contribution is 5.04. The van der Waals surface area contributed by atoms with Gasteiger partial charge >= 0.3 is 0 Å². The van der Waals surface area contributed by atoms with Crippen LogP contribution in [0.4, 0.5) is 0 Å². The zero-order valence-electron chi connectivity index (χ0n) is 11.3. The lowest BCUT2D eigenvalue weighted by Crippen LogP contribution is -2.40. The molecule has 2 rings (SSSR count). The summed E-state index contributed by atoms with van der Waals surface area (Å²) in [5.41, 5.74) is -0.167. The van der Waals surface area contributed by atoms with Gasteiger partial charge in [0.2, 0.25) is 0 Å². The average molecular weight is 252 g/mol. The normalized spacial score (nSPS) is 22.0. The summed E-state index contributed by atoms with van der Waals surface area (Å²) >= 11 is 0. The van der Waals surface area contributed by atoms with Gasteiger partial charge in [0.1, 0.15) is 0 Å². The van der Waals surface area contributed by atoms with Crippen LogP contribution < -0.4 is 0 Å². The Kier molecular flexibility index (Phi) is 4.07. The predicted octanol–water partition coefficient (Wildman–Crippen LogP) is 2.06. The summed E-state index contributed by atoms with van der Waals surface area (Å²) in [6.45, 7) is 3.55. The van der Waals surface area contributed by atoms with Crippen molar-refractivity contribution >= 4 is 0 Å². The quantitative estimate of drug-likeness (QED) is 0.843. The molecule has 1 aromatic rings. The molecule has 2 unspecified atom stereocenters. The topological polar surface area (TPSA) is 58.3 Å². The van der Waals surface area contributed by atoms with Crippen LogP contribution in [0.25, 0.3) is 0 Å². The van der Waals surface area contributed by atoms with Crippen LogP contribution in [0.5, 0.6) is 0 Å². The van der Waals surface area contributed by atoms with Gasteiger partial charge < -0.3 is 10.2 Å². The molecule has 1 heterocycles. The van der Waals surface area contributed by atoms with Crippen LogP contribution in [0.3, 0.4) is 0 Å². The fourth-order valence-electron chi connectivity index (χ4n) is 2.51. The number of aromatic nitrogens is 2.